The van der Waals surface area contributed by atoms with Gasteiger partial charge in [0, 0.05) is 10.7 Å². The van der Waals surface area contributed by atoms with Crippen LogP contribution in [-0.2, 0) is 14.3 Å². The van der Waals surface area contributed by atoms with Gasteiger partial charge in [-0.1, -0.05) is 29.8 Å². The Kier molecular flexibility index (Phi) is 4.54. The van der Waals surface area contributed by atoms with E-state index in [9.17, 15) is 9.59 Å². The fourth-order valence-electron chi connectivity index (χ4n) is 5.73. The van der Waals surface area contributed by atoms with Crippen molar-refractivity contribution >= 4 is 27.8 Å². The fourth-order valence-corrected chi connectivity index (χ4v) is 7.24. The Bertz CT molecular complexity index is 490. The third-order valence-corrected chi connectivity index (χ3v) is 7.01. The van der Waals surface area contributed by atoms with Crippen molar-refractivity contribution in [1.82, 2.24) is 5.32 Å². The van der Waals surface area contributed by atoms with E-state index < -0.39 is 6.04 Å². The molecule has 0 aromatic carbocycles. The van der Waals surface area contributed by atoms with Crippen LogP contribution in [0.3, 0.4) is 0 Å². The van der Waals surface area contributed by atoms with E-state index in [1.165, 1.54) is 39.2 Å². The Morgan fingerprint density at radius 1 is 1.22 bits per heavy atom. The minimum Gasteiger partial charge on any atom is -0.467 e. The number of hydrogen-bond donors (Lipinski definition) is 1. The molecule has 1 amide bonds. The van der Waals surface area contributed by atoms with Crippen LogP contribution in [0.4, 0.5) is 0 Å². The maximum Gasteiger partial charge on any atom is 0.328 e. The van der Waals surface area contributed by atoms with Crippen LogP contribution in [0.2, 0.25) is 0 Å². The molecule has 4 aliphatic carbocycles. The molecule has 4 aliphatic rings. The number of methoxy groups -OCH3 is 1. The van der Waals surface area contributed by atoms with Crippen molar-refractivity contribution in [2.45, 2.75) is 69.2 Å². The standard InChI is InChI=1S/C18H28BrNO3/c1-11(2)15(16(22)23-3)20-14(21)9-17-5-12-4-13(6-17)8-18(19,7-12)10-17/h11-13,15H,4-10H2,1-3H3,(H,20,21)/t12-,13+,15-,17?,18?/m0/s1. The molecule has 0 spiro atoms. The van der Waals surface area contributed by atoms with Crippen molar-refractivity contribution in [2.24, 2.45) is 23.2 Å². The highest BCUT2D eigenvalue weighted by Gasteiger charge is 2.57. The molecule has 1 N–H and O–H groups in total. The van der Waals surface area contributed by atoms with Crippen molar-refractivity contribution in [3.63, 3.8) is 0 Å². The van der Waals surface area contributed by atoms with Gasteiger partial charge in [-0.2, -0.15) is 0 Å². The number of hydrogen-bond acceptors (Lipinski definition) is 3. The first kappa shape index (κ1) is 17.2. The summed E-state index contributed by atoms with van der Waals surface area (Å²) in [6.45, 7) is 3.86. The molecule has 0 aliphatic heterocycles. The zero-order valence-corrected chi connectivity index (χ0v) is 15.9. The van der Waals surface area contributed by atoms with Gasteiger partial charge in [-0.15, -0.1) is 0 Å². The summed E-state index contributed by atoms with van der Waals surface area (Å²) in [5.74, 6) is 1.23. The topological polar surface area (TPSA) is 55.4 Å². The molecule has 0 aromatic rings. The van der Waals surface area contributed by atoms with Gasteiger partial charge in [0.25, 0.3) is 0 Å². The van der Waals surface area contributed by atoms with Gasteiger partial charge in [-0.25, -0.2) is 4.79 Å². The summed E-state index contributed by atoms with van der Waals surface area (Å²) in [5, 5.41) is 2.93. The molecule has 0 saturated heterocycles. The number of rotatable bonds is 5. The second kappa shape index (κ2) is 6.05. The number of carbonyl (C=O) groups is 2. The van der Waals surface area contributed by atoms with E-state index in [4.69, 9.17) is 4.74 Å². The maximum absolute atomic E-state index is 12.6. The molecule has 4 fully saturated rings. The summed E-state index contributed by atoms with van der Waals surface area (Å²) in [6, 6.07) is -0.542. The highest BCUT2D eigenvalue weighted by Crippen LogP contribution is 2.65. The lowest BCUT2D eigenvalue weighted by Gasteiger charge is -2.60. The molecule has 4 saturated carbocycles. The van der Waals surface area contributed by atoms with Gasteiger partial charge in [0.1, 0.15) is 6.04 Å². The number of amides is 1. The Morgan fingerprint density at radius 3 is 2.30 bits per heavy atom. The maximum atomic E-state index is 12.6. The molecule has 130 valence electrons. The SMILES string of the molecule is COC(=O)[C@@H](NC(=O)CC12C[C@@H]3C[C@@H](CC(Br)(C3)C1)C2)C(C)C. The highest BCUT2D eigenvalue weighted by molar-refractivity contribution is 9.10. The van der Waals surface area contributed by atoms with E-state index in [0.717, 1.165) is 18.3 Å². The number of ether oxygens (including phenoxy) is 1. The van der Waals surface area contributed by atoms with Crippen LogP contribution < -0.4 is 5.32 Å². The van der Waals surface area contributed by atoms with Crippen molar-refractivity contribution < 1.29 is 14.3 Å². The Balaban J connectivity index is 1.67. The average Bonchev–Trinajstić information content (AvgIpc) is 2.40. The lowest BCUT2D eigenvalue weighted by molar-refractivity contribution is -0.147. The third kappa shape index (κ3) is 3.45. The van der Waals surface area contributed by atoms with E-state index in [2.05, 4.69) is 21.2 Å². The number of halogens is 1. The Labute approximate surface area is 147 Å². The van der Waals surface area contributed by atoms with E-state index in [1.54, 1.807) is 0 Å². The van der Waals surface area contributed by atoms with Crippen molar-refractivity contribution in [1.29, 1.82) is 0 Å². The molecule has 4 rings (SSSR count). The summed E-state index contributed by atoms with van der Waals surface area (Å²) < 4.78 is 5.08. The van der Waals surface area contributed by atoms with Crippen LogP contribution in [0.25, 0.3) is 0 Å². The smallest absolute Gasteiger partial charge is 0.328 e. The summed E-state index contributed by atoms with van der Waals surface area (Å²) in [6.07, 6.45) is 7.88. The largest absolute Gasteiger partial charge is 0.467 e. The molecule has 0 heterocycles. The predicted molar refractivity (Wildman–Crippen MR) is 92.2 cm³/mol. The molecular weight excluding hydrogens is 358 g/mol. The summed E-state index contributed by atoms with van der Waals surface area (Å²) in [7, 11) is 1.37. The summed E-state index contributed by atoms with van der Waals surface area (Å²) in [4.78, 5) is 24.5. The first-order chi connectivity index (χ1) is 10.7. The average molecular weight is 386 g/mol. The van der Waals surface area contributed by atoms with Crippen LogP contribution in [0.1, 0.15) is 58.8 Å². The van der Waals surface area contributed by atoms with E-state index in [1.807, 2.05) is 13.8 Å². The van der Waals surface area contributed by atoms with Gasteiger partial charge in [-0.3, -0.25) is 4.79 Å². The molecule has 4 bridgehead atoms. The van der Waals surface area contributed by atoms with E-state index in [-0.39, 0.29) is 27.5 Å². The minimum absolute atomic E-state index is 0.00662. The summed E-state index contributed by atoms with van der Waals surface area (Å²) in [5.41, 5.74) is 0.134. The van der Waals surface area contributed by atoms with Gasteiger partial charge in [0.05, 0.1) is 7.11 Å². The van der Waals surface area contributed by atoms with Crippen molar-refractivity contribution in [2.75, 3.05) is 7.11 Å². The van der Waals surface area contributed by atoms with E-state index >= 15 is 0 Å². The normalized spacial score (nSPS) is 39.3. The third-order valence-electron chi connectivity index (χ3n) is 6.08. The predicted octanol–water partition coefficient (Wildman–Crippen LogP) is 3.42. The van der Waals surface area contributed by atoms with Crippen LogP contribution in [0, 0.1) is 23.2 Å². The van der Waals surface area contributed by atoms with E-state index in [0.29, 0.717) is 6.42 Å². The van der Waals surface area contributed by atoms with Crippen LogP contribution in [-0.4, -0.2) is 29.4 Å². The van der Waals surface area contributed by atoms with Crippen LogP contribution in [0.5, 0.6) is 0 Å². The Morgan fingerprint density at radius 2 is 1.83 bits per heavy atom. The molecule has 0 radical (unpaired) electrons. The molecule has 23 heavy (non-hydrogen) atoms. The van der Waals surface area contributed by atoms with Crippen molar-refractivity contribution in [3.8, 4) is 0 Å². The first-order valence-corrected chi connectivity index (χ1v) is 9.60. The Hall–Kier alpha value is -0.580. The van der Waals surface area contributed by atoms with Crippen molar-refractivity contribution in [3.05, 3.63) is 0 Å². The molecule has 0 aromatic heterocycles. The van der Waals surface area contributed by atoms with Crippen LogP contribution >= 0.6 is 15.9 Å². The lowest BCUT2D eigenvalue weighted by atomic mass is 9.48. The zero-order chi connectivity index (χ0) is 16.8. The van der Waals surface area contributed by atoms with Gasteiger partial charge in [0.15, 0.2) is 0 Å². The fraction of sp³-hybridized carbons (Fsp3) is 0.889. The number of alkyl halides is 1. The molecule has 4 nitrogen and oxygen atoms in total. The van der Waals surface area contributed by atoms with Gasteiger partial charge in [-0.05, 0) is 61.7 Å². The lowest BCUT2D eigenvalue weighted by Crippen LogP contribution is -2.55. The zero-order valence-electron chi connectivity index (χ0n) is 14.4. The first-order valence-electron chi connectivity index (χ1n) is 8.80. The molecule has 2 unspecified atom stereocenters. The molecule has 5 atom stereocenters. The van der Waals surface area contributed by atoms with Gasteiger partial charge >= 0.3 is 5.97 Å². The number of esters is 1. The van der Waals surface area contributed by atoms with Gasteiger partial charge < -0.3 is 10.1 Å². The number of nitrogens with one attached hydrogen (secondary N) is 1. The second-order valence-corrected chi connectivity index (χ2v) is 10.3. The summed E-state index contributed by atoms with van der Waals surface area (Å²) >= 11 is 3.99. The highest BCUT2D eigenvalue weighted by atomic mass is 79.9. The molecular formula is C18H28BrNO3. The number of carbonyl (C=O) groups excluding carboxylic acids is 2. The second-order valence-electron chi connectivity index (χ2n) is 8.60. The van der Waals surface area contributed by atoms with Gasteiger partial charge in [0.2, 0.25) is 5.91 Å². The molecule has 5 heteroatoms. The van der Waals surface area contributed by atoms with Crippen LogP contribution in [0.15, 0.2) is 0 Å². The quantitative estimate of drug-likeness (QED) is 0.582. The minimum atomic E-state index is -0.542. The monoisotopic (exact) mass is 385 g/mol.